The van der Waals surface area contributed by atoms with Gasteiger partial charge in [0, 0.05) is 6.92 Å². The third kappa shape index (κ3) is 3.93. The second-order valence-electron chi connectivity index (χ2n) is 6.78. The van der Waals surface area contributed by atoms with Crippen molar-refractivity contribution in [2.24, 2.45) is 0 Å². The van der Waals surface area contributed by atoms with E-state index in [0.29, 0.717) is 24.6 Å². The molecule has 0 spiro atoms. The Morgan fingerprint density at radius 2 is 1.84 bits per heavy atom. The molecule has 1 saturated carbocycles. The van der Waals surface area contributed by atoms with Gasteiger partial charge < -0.3 is 4.52 Å². The van der Waals surface area contributed by atoms with E-state index in [-0.39, 0.29) is 4.90 Å². The zero-order valence-corrected chi connectivity index (χ0v) is 15.6. The molecule has 1 aliphatic carbocycles. The van der Waals surface area contributed by atoms with E-state index in [1.807, 2.05) is 12.1 Å². The topological polar surface area (TPSA) is 85.1 Å². The molecule has 2 aromatic rings. The molecule has 1 aliphatic rings. The highest BCUT2D eigenvalue weighted by atomic mass is 32.2. The van der Waals surface area contributed by atoms with Crippen LogP contribution in [-0.4, -0.2) is 18.6 Å². The van der Waals surface area contributed by atoms with Crippen LogP contribution >= 0.6 is 0 Å². The molecule has 0 radical (unpaired) electrons. The van der Waals surface area contributed by atoms with Gasteiger partial charge in [0.25, 0.3) is 0 Å². The lowest BCUT2D eigenvalue weighted by molar-refractivity contribution is 0.248. The third-order valence-electron chi connectivity index (χ3n) is 4.76. The number of rotatable bonds is 6. The predicted octanol–water partition coefficient (Wildman–Crippen LogP) is 3.47. The van der Waals surface area contributed by atoms with Crippen molar-refractivity contribution in [3.63, 3.8) is 0 Å². The molecule has 136 valence electrons. The first-order valence-electron chi connectivity index (χ1n) is 8.89. The zero-order valence-electron chi connectivity index (χ0n) is 14.8. The van der Waals surface area contributed by atoms with Crippen LogP contribution in [0.5, 0.6) is 0 Å². The summed E-state index contributed by atoms with van der Waals surface area (Å²) in [5.74, 6) is 0.888. The van der Waals surface area contributed by atoms with E-state index in [9.17, 15) is 8.42 Å². The fourth-order valence-corrected chi connectivity index (χ4v) is 4.88. The second-order valence-corrected chi connectivity index (χ2v) is 8.46. The number of nitrogens with zero attached hydrogens (tertiary/aromatic N) is 2. The summed E-state index contributed by atoms with van der Waals surface area (Å²) in [6.07, 6.45) is 6.30. The van der Waals surface area contributed by atoms with Gasteiger partial charge in [-0.15, -0.1) is 0 Å². The molecule has 0 atom stereocenters. The minimum Gasteiger partial charge on any atom is -0.340 e. The Labute approximate surface area is 149 Å². The summed E-state index contributed by atoms with van der Waals surface area (Å²) < 4.78 is 33.9. The first kappa shape index (κ1) is 18.1. The minimum absolute atomic E-state index is 0.275. The lowest BCUT2D eigenvalue weighted by Gasteiger charge is -2.34. The summed E-state index contributed by atoms with van der Waals surface area (Å²) in [4.78, 5) is 4.59. The van der Waals surface area contributed by atoms with Crippen LogP contribution in [0.1, 0.15) is 62.7 Å². The molecule has 0 bridgehead atoms. The molecule has 0 unspecified atom stereocenters. The zero-order chi connectivity index (χ0) is 17.9. The van der Waals surface area contributed by atoms with Gasteiger partial charge in [0.05, 0.1) is 10.4 Å². The van der Waals surface area contributed by atoms with Gasteiger partial charge >= 0.3 is 0 Å². The number of aryl methyl sites for hydroxylation is 2. The minimum atomic E-state index is -3.66. The number of nitrogens with one attached hydrogen (secondary N) is 1. The second kappa shape index (κ2) is 7.25. The van der Waals surface area contributed by atoms with Gasteiger partial charge in [0.2, 0.25) is 15.9 Å². The smallest absolute Gasteiger partial charge is 0.241 e. The number of hydrogen-bond acceptors (Lipinski definition) is 5. The van der Waals surface area contributed by atoms with Crippen molar-refractivity contribution in [2.75, 3.05) is 0 Å². The average molecular weight is 363 g/mol. The van der Waals surface area contributed by atoms with Crippen LogP contribution in [0, 0.1) is 6.92 Å². The quantitative estimate of drug-likeness (QED) is 0.849. The molecule has 1 N–H and O–H groups in total. The lowest BCUT2D eigenvalue weighted by Crippen LogP contribution is -2.47. The maximum Gasteiger partial charge on any atom is 0.241 e. The molecular formula is C18H25N3O3S. The van der Waals surface area contributed by atoms with Gasteiger partial charge in [-0.2, -0.15) is 9.71 Å². The summed E-state index contributed by atoms with van der Waals surface area (Å²) in [6.45, 7) is 3.82. The standard InChI is InChI=1S/C18H25N3O3S/c1-3-7-15-8-10-16(11-9-15)25(22,23)21-18(12-5-4-6-13-18)17-19-14(2)24-20-17/h8-11,21H,3-7,12-13H2,1-2H3. The Balaban J connectivity index is 1.90. The van der Waals surface area contributed by atoms with Gasteiger partial charge in [-0.25, -0.2) is 8.42 Å². The molecule has 0 saturated heterocycles. The van der Waals surface area contributed by atoms with E-state index in [4.69, 9.17) is 4.52 Å². The average Bonchev–Trinajstić information content (AvgIpc) is 3.03. The number of aromatic nitrogens is 2. The lowest BCUT2D eigenvalue weighted by atomic mass is 9.82. The summed E-state index contributed by atoms with van der Waals surface area (Å²) in [5, 5.41) is 4.01. The third-order valence-corrected chi connectivity index (χ3v) is 6.32. The molecule has 1 fully saturated rings. The first-order valence-corrected chi connectivity index (χ1v) is 10.4. The van der Waals surface area contributed by atoms with Crippen LogP contribution in [0.3, 0.4) is 0 Å². The first-order chi connectivity index (χ1) is 12.0. The largest absolute Gasteiger partial charge is 0.340 e. The van der Waals surface area contributed by atoms with Gasteiger partial charge in [0.1, 0.15) is 0 Å². The molecule has 3 rings (SSSR count). The fraction of sp³-hybridized carbons (Fsp3) is 0.556. The predicted molar refractivity (Wildman–Crippen MR) is 94.6 cm³/mol. The van der Waals surface area contributed by atoms with Gasteiger partial charge in [-0.05, 0) is 37.0 Å². The molecule has 1 aromatic heterocycles. The number of benzene rings is 1. The van der Waals surface area contributed by atoms with Crippen LogP contribution in [0.25, 0.3) is 0 Å². The molecule has 0 aliphatic heterocycles. The van der Waals surface area contributed by atoms with Crippen LogP contribution < -0.4 is 4.72 Å². The van der Waals surface area contributed by atoms with Crippen LogP contribution in [-0.2, 0) is 22.0 Å². The number of sulfonamides is 1. The molecule has 0 amide bonds. The van der Waals surface area contributed by atoms with Crippen molar-refractivity contribution >= 4 is 10.0 Å². The van der Waals surface area contributed by atoms with Crippen molar-refractivity contribution < 1.29 is 12.9 Å². The number of hydrogen-bond donors (Lipinski definition) is 1. The highest BCUT2D eigenvalue weighted by molar-refractivity contribution is 7.89. The van der Waals surface area contributed by atoms with Crippen molar-refractivity contribution in [3.8, 4) is 0 Å². The van der Waals surface area contributed by atoms with E-state index in [1.165, 1.54) is 0 Å². The van der Waals surface area contributed by atoms with Gasteiger partial charge in [-0.3, -0.25) is 0 Å². The normalized spacial score (nSPS) is 17.5. The van der Waals surface area contributed by atoms with Crippen molar-refractivity contribution in [3.05, 3.63) is 41.5 Å². The van der Waals surface area contributed by atoms with Crippen molar-refractivity contribution in [1.82, 2.24) is 14.9 Å². The van der Waals surface area contributed by atoms with Gasteiger partial charge in [0.15, 0.2) is 5.82 Å². The van der Waals surface area contributed by atoms with E-state index in [0.717, 1.165) is 37.7 Å². The van der Waals surface area contributed by atoms with Crippen LogP contribution in [0.4, 0.5) is 0 Å². The molecule has 1 aromatic carbocycles. The van der Waals surface area contributed by atoms with Crippen LogP contribution in [0.2, 0.25) is 0 Å². The monoisotopic (exact) mass is 363 g/mol. The fourth-order valence-electron chi connectivity index (χ4n) is 3.46. The Bertz CT molecular complexity index is 806. The maximum absolute atomic E-state index is 13.0. The van der Waals surface area contributed by atoms with E-state index < -0.39 is 15.6 Å². The molecular weight excluding hydrogens is 338 g/mol. The van der Waals surface area contributed by atoms with Crippen LogP contribution in [0.15, 0.2) is 33.7 Å². The Hall–Kier alpha value is -1.73. The van der Waals surface area contributed by atoms with Gasteiger partial charge in [-0.1, -0.05) is 49.9 Å². The Morgan fingerprint density at radius 1 is 1.16 bits per heavy atom. The van der Waals surface area contributed by atoms with E-state index in [1.54, 1.807) is 19.1 Å². The van der Waals surface area contributed by atoms with Crippen molar-refractivity contribution in [1.29, 1.82) is 0 Å². The maximum atomic E-state index is 13.0. The molecule has 7 heteroatoms. The van der Waals surface area contributed by atoms with Crippen molar-refractivity contribution in [2.45, 2.75) is 69.2 Å². The Morgan fingerprint density at radius 3 is 2.40 bits per heavy atom. The Kier molecular flexibility index (Phi) is 5.24. The summed E-state index contributed by atoms with van der Waals surface area (Å²) >= 11 is 0. The molecule has 25 heavy (non-hydrogen) atoms. The summed E-state index contributed by atoms with van der Waals surface area (Å²) in [6, 6.07) is 7.10. The molecule has 6 nitrogen and oxygen atoms in total. The summed E-state index contributed by atoms with van der Waals surface area (Å²) in [5.41, 5.74) is 0.360. The summed E-state index contributed by atoms with van der Waals surface area (Å²) in [7, 11) is -3.66. The SMILES string of the molecule is CCCc1ccc(S(=O)(=O)NC2(c3noc(C)n3)CCCCC2)cc1. The van der Waals surface area contributed by atoms with E-state index in [2.05, 4.69) is 21.8 Å². The highest BCUT2D eigenvalue weighted by Gasteiger charge is 2.41. The highest BCUT2D eigenvalue weighted by Crippen LogP contribution is 2.37. The molecule has 1 heterocycles. The van der Waals surface area contributed by atoms with E-state index >= 15 is 0 Å².